The molecule has 0 atom stereocenters. The van der Waals surface area contributed by atoms with E-state index in [0.717, 1.165) is 47.5 Å². The fourth-order valence-corrected chi connectivity index (χ4v) is 4.10. The first-order valence-electron chi connectivity index (χ1n) is 7.91. The first-order valence-corrected chi connectivity index (χ1v) is 8.73. The summed E-state index contributed by atoms with van der Waals surface area (Å²) in [5.74, 6) is -0.871. The molecular weight excluding hydrogens is 322 g/mol. The van der Waals surface area contributed by atoms with Gasteiger partial charge in [-0.1, -0.05) is 30.3 Å². The highest BCUT2D eigenvalue weighted by Gasteiger charge is 2.14. The van der Waals surface area contributed by atoms with E-state index in [4.69, 9.17) is 4.74 Å². The normalized spacial score (nSPS) is 14.9. The number of carboxylic acid groups (broad SMARTS) is 1. The van der Waals surface area contributed by atoms with Gasteiger partial charge in [0.2, 0.25) is 0 Å². The van der Waals surface area contributed by atoms with Gasteiger partial charge < -0.3 is 14.7 Å². The Labute approximate surface area is 143 Å². The minimum Gasteiger partial charge on any atom is -0.477 e. The van der Waals surface area contributed by atoms with Gasteiger partial charge in [0, 0.05) is 23.5 Å². The van der Waals surface area contributed by atoms with Crippen LogP contribution >= 0.6 is 11.3 Å². The molecule has 0 bridgehead atoms. The summed E-state index contributed by atoms with van der Waals surface area (Å²) in [7, 11) is 0. The summed E-state index contributed by atoms with van der Waals surface area (Å²) in [5.41, 5.74) is 3.39. The number of hydrogen-bond acceptors (Lipinski definition) is 4. The van der Waals surface area contributed by atoms with Crippen LogP contribution in [-0.4, -0.2) is 37.4 Å². The number of hydrogen-bond donors (Lipinski definition) is 1. The predicted molar refractivity (Wildman–Crippen MR) is 97.3 cm³/mol. The zero-order valence-electron chi connectivity index (χ0n) is 13.1. The number of anilines is 1. The third-order valence-corrected chi connectivity index (χ3v) is 5.48. The zero-order valence-corrected chi connectivity index (χ0v) is 13.9. The Balaban J connectivity index is 1.70. The number of carboxylic acids is 1. The number of fused-ring (bicyclic) bond motifs is 1. The van der Waals surface area contributed by atoms with Crippen molar-refractivity contribution >= 4 is 33.1 Å². The Bertz CT molecular complexity index is 879. The monoisotopic (exact) mass is 339 g/mol. The third kappa shape index (κ3) is 2.77. The van der Waals surface area contributed by atoms with Crippen molar-refractivity contribution in [3.05, 3.63) is 53.4 Å². The summed E-state index contributed by atoms with van der Waals surface area (Å²) in [6.07, 6.45) is 0. The van der Waals surface area contributed by atoms with Gasteiger partial charge in [-0.05, 0) is 34.7 Å². The van der Waals surface area contributed by atoms with Crippen LogP contribution in [0, 0.1) is 0 Å². The van der Waals surface area contributed by atoms with Crippen molar-refractivity contribution in [2.75, 3.05) is 31.2 Å². The fourth-order valence-electron chi connectivity index (χ4n) is 3.07. The van der Waals surface area contributed by atoms with Crippen LogP contribution in [0.4, 0.5) is 5.69 Å². The molecule has 0 amide bonds. The minimum atomic E-state index is -0.871. The molecule has 24 heavy (non-hydrogen) atoms. The van der Waals surface area contributed by atoms with E-state index in [1.54, 1.807) is 6.07 Å². The molecule has 0 radical (unpaired) electrons. The Morgan fingerprint density at radius 3 is 2.54 bits per heavy atom. The van der Waals surface area contributed by atoms with E-state index in [1.807, 2.05) is 18.2 Å². The second-order valence-electron chi connectivity index (χ2n) is 5.79. The van der Waals surface area contributed by atoms with Crippen molar-refractivity contribution in [3.63, 3.8) is 0 Å². The van der Waals surface area contributed by atoms with Gasteiger partial charge in [0.1, 0.15) is 4.88 Å². The van der Waals surface area contributed by atoms with Gasteiger partial charge in [-0.15, -0.1) is 11.3 Å². The van der Waals surface area contributed by atoms with Gasteiger partial charge in [0.05, 0.1) is 13.2 Å². The lowest BCUT2D eigenvalue weighted by Crippen LogP contribution is -2.36. The second kappa shape index (κ2) is 6.26. The minimum absolute atomic E-state index is 0.377. The van der Waals surface area contributed by atoms with E-state index in [2.05, 4.69) is 29.2 Å². The average molecular weight is 339 g/mol. The van der Waals surface area contributed by atoms with Crippen LogP contribution in [0.25, 0.3) is 21.2 Å². The van der Waals surface area contributed by atoms with Crippen LogP contribution in [0.3, 0.4) is 0 Å². The Hall–Kier alpha value is -2.37. The van der Waals surface area contributed by atoms with E-state index in [1.165, 1.54) is 17.0 Å². The molecule has 4 rings (SSSR count). The van der Waals surface area contributed by atoms with Gasteiger partial charge in [-0.25, -0.2) is 4.79 Å². The fraction of sp³-hybridized carbons (Fsp3) is 0.211. The summed E-state index contributed by atoms with van der Waals surface area (Å²) in [4.78, 5) is 13.9. The topological polar surface area (TPSA) is 49.8 Å². The molecule has 3 aromatic rings. The number of benzene rings is 2. The van der Waals surface area contributed by atoms with E-state index in [9.17, 15) is 9.90 Å². The number of nitrogens with zero attached hydrogens (tertiary/aromatic N) is 1. The highest BCUT2D eigenvalue weighted by molar-refractivity contribution is 7.21. The Morgan fingerprint density at radius 2 is 1.83 bits per heavy atom. The first-order chi connectivity index (χ1) is 11.7. The number of aromatic carboxylic acids is 1. The summed E-state index contributed by atoms with van der Waals surface area (Å²) in [6.45, 7) is 3.38. The van der Waals surface area contributed by atoms with Crippen LogP contribution in [0.15, 0.2) is 48.5 Å². The molecule has 1 aromatic heterocycles. The highest BCUT2D eigenvalue weighted by Crippen LogP contribution is 2.35. The maximum atomic E-state index is 11.2. The van der Waals surface area contributed by atoms with Gasteiger partial charge in [-0.3, -0.25) is 0 Å². The molecule has 1 aliphatic rings. The number of morpholine rings is 1. The summed E-state index contributed by atoms with van der Waals surface area (Å²) >= 11 is 1.33. The molecule has 0 unspecified atom stereocenters. The molecule has 5 heteroatoms. The lowest BCUT2D eigenvalue weighted by Gasteiger charge is -2.28. The Kier molecular flexibility index (Phi) is 3.96. The van der Waals surface area contributed by atoms with Gasteiger partial charge >= 0.3 is 5.97 Å². The molecule has 4 nitrogen and oxygen atoms in total. The maximum Gasteiger partial charge on any atom is 0.345 e. The lowest BCUT2D eigenvalue weighted by molar-refractivity contribution is 0.0702. The van der Waals surface area contributed by atoms with Crippen LogP contribution in [0.2, 0.25) is 0 Å². The molecule has 1 aliphatic heterocycles. The van der Waals surface area contributed by atoms with Crippen molar-refractivity contribution in [3.8, 4) is 11.1 Å². The van der Waals surface area contributed by atoms with Crippen LogP contribution < -0.4 is 4.90 Å². The van der Waals surface area contributed by atoms with Crippen molar-refractivity contribution < 1.29 is 14.6 Å². The van der Waals surface area contributed by atoms with Crippen LogP contribution in [-0.2, 0) is 4.74 Å². The third-order valence-electron chi connectivity index (χ3n) is 4.31. The Morgan fingerprint density at radius 1 is 1.08 bits per heavy atom. The van der Waals surface area contributed by atoms with Crippen molar-refractivity contribution in [1.82, 2.24) is 0 Å². The largest absolute Gasteiger partial charge is 0.477 e. The van der Waals surface area contributed by atoms with Gasteiger partial charge in [0.25, 0.3) is 0 Å². The standard InChI is InChI=1S/C19H17NO3S/c21-19(22)17-12-14-2-1-3-16(18(14)24-17)13-4-6-15(7-5-13)20-8-10-23-11-9-20/h1-7,12H,8-11H2,(H,21,22). The van der Waals surface area contributed by atoms with E-state index < -0.39 is 5.97 Å². The molecule has 2 heterocycles. The lowest BCUT2D eigenvalue weighted by atomic mass is 10.0. The molecule has 0 aliphatic carbocycles. The summed E-state index contributed by atoms with van der Waals surface area (Å²) in [6, 6.07) is 16.2. The van der Waals surface area contributed by atoms with Crippen molar-refractivity contribution in [1.29, 1.82) is 0 Å². The molecule has 1 saturated heterocycles. The van der Waals surface area contributed by atoms with Crippen LogP contribution in [0.1, 0.15) is 9.67 Å². The second-order valence-corrected chi connectivity index (χ2v) is 6.84. The van der Waals surface area contributed by atoms with Crippen molar-refractivity contribution in [2.45, 2.75) is 0 Å². The van der Waals surface area contributed by atoms with Crippen molar-refractivity contribution in [2.24, 2.45) is 0 Å². The maximum absolute atomic E-state index is 11.2. The quantitative estimate of drug-likeness (QED) is 0.780. The smallest absolute Gasteiger partial charge is 0.345 e. The zero-order chi connectivity index (χ0) is 16.5. The molecular formula is C19H17NO3S. The first kappa shape index (κ1) is 15.2. The molecule has 122 valence electrons. The van der Waals surface area contributed by atoms with Crippen LogP contribution in [0.5, 0.6) is 0 Å². The SMILES string of the molecule is O=C(O)c1cc2cccc(-c3ccc(N4CCOCC4)cc3)c2s1. The molecule has 1 N–H and O–H groups in total. The molecule has 0 spiro atoms. The molecule has 0 saturated carbocycles. The average Bonchev–Trinajstić information content (AvgIpc) is 3.07. The summed E-state index contributed by atoms with van der Waals surface area (Å²) < 4.78 is 6.42. The molecule has 1 fully saturated rings. The highest BCUT2D eigenvalue weighted by atomic mass is 32.1. The molecule has 2 aromatic carbocycles. The number of carbonyl (C=O) groups is 1. The van der Waals surface area contributed by atoms with Gasteiger partial charge in [-0.2, -0.15) is 0 Å². The number of ether oxygens (including phenoxy) is 1. The van der Waals surface area contributed by atoms with E-state index >= 15 is 0 Å². The number of thiophene rings is 1. The van der Waals surface area contributed by atoms with E-state index in [0.29, 0.717) is 4.88 Å². The van der Waals surface area contributed by atoms with E-state index in [-0.39, 0.29) is 0 Å². The summed E-state index contributed by atoms with van der Waals surface area (Å²) in [5, 5.41) is 10.2. The van der Waals surface area contributed by atoms with Gasteiger partial charge in [0.15, 0.2) is 0 Å². The predicted octanol–water partition coefficient (Wildman–Crippen LogP) is 4.10. The number of rotatable bonds is 3.